The number of nitrogens with zero attached hydrogens (tertiary/aromatic N) is 6. The Morgan fingerprint density at radius 3 is 2.67 bits per heavy atom. The van der Waals surface area contributed by atoms with E-state index in [9.17, 15) is 14.9 Å². The van der Waals surface area contributed by atoms with Crippen LogP contribution in [0.4, 0.5) is 17.6 Å². The van der Waals surface area contributed by atoms with Gasteiger partial charge in [0.25, 0.3) is 11.2 Å². The molecule has 0 spiro atoms. The monoisotopic (exact) mass is 291 g/mol. The summed E-state index contributed by atoms with van der Waals surface area (Å²) in [5.74, 6) is 0.604. The number of anilines is 2. The molecular formula is C11H13N7O3. The molecule has 10 heteroatoms. The Bertz CT molecular complexity index is 741. The summed E-state index contributed by atoms with van der Waals surface area (Å²) in [5.41, 5.74) is 4.99. The van der Waals surface area contributed by atoms with Crippen molar-refractivity contribution in [3.8, 4) is 0 Å². The highest BCUT2D eigenvalue weighted by Gasteiger charge is 2.11. The van der Waals surface area contributed by atoms with E-state index in [1.165, 1.54) is 0 Å². The van der Waals surface area contributed by atoms with E-state index in [0.29, 0.717) is 5.95 Å². The summed E-state index contributed by atoms with van der Waals surface area (Å²) in [7, 11) is 3.47. The molecule has 0 fully saturated rings. The molecular weight excluding hydrogens is 278 g/mol. The van der Waals surface area contributed by atoms with E-state index in [0.717, 1.165) is 22.9 Å². The largest absolute Gasteiger partial charge is 0.368 e. The Morgan fingerprint density at radius 1 is 1.33 bits per heavy atom. The summed E-state index contributed by atoms with van der Waals surface area (Å²) in [6.07, 6.45) is 1.14. The van der Waals surface area contributed by atoms with Gasteiger partial charge in [-0.05, 0) is 0 Å². The molecule has 0 bridgehead atoms. The lowest BCUT2D eigenvalue weighted by Crippen LogP contribution is -2.22. The molecule has 0 saturated heterocycles. The van der Waals surface area contributed by atoms with E-state index >= 15 is 0 Å². The maximum Gasteiger partial charge on any atom is 0.285 e. The minimum absolute atomic E-state index is 0.0159. The number of nitro groups is 1. The highest BCUT2D eigenvalue weighted by molar-refractivity contribution is 5.32. The Kier molecular flexibility index (Phi) is 3.78. The fourth-order valence-corrected chi connectivity index (χ4v) is 1.60. The fraction of sp³-hybridized carbons (Fsp3) is 0.273. The van der Waals surface area contributed by atoms with Gasteiger partial charge < -0.3 is 15.2 Å². The van der Waals surface area contributed by atoms with E-state index in [1.54, 1.807) is 19.0 Å². The normalized spacial score (nSPS) is 10.4. The van der Waals surface area contributed by atoms with Crippen molar-refractivity contribution in [2.45, 2.75) is 6.54 Å². The summed E-state index contributed by atoms with van der Waals surface area (Å²) in [5, 5.41) is 10.7. The second-order valence-corrected chi connectivity index (χ2v) is 4.41. The number of rotatable bonds is 4. The Labute approximate surface area is 119 Å². The molecule has 0 aromatic carbocycles. The van der Waals surface area contributed by atoms with Gasteiger partial charge in [0, 0.05) is 26.2 Å². The van der Waals surface area contributed by atoms with Crippen LogP contribution in [-0.4, -0.2) is 38.5 Å². The second kappa shape index (κ2) is 5.53. The molecule has 0 amide bonds. The molecule has 0 atom stereocenters. The minimum atomic E-state index is -0.580. The predicted molar refractivity (Wildman–Crippen MR) is 75.0 cm³/mol. The van der Waals surface area contributed by atoms with Crippen LogP contribution < -0.4 is 16.2 Å². The van der Waals surface area contributed by atoms with Crippen LogP contribution in [0.2, 0.25) is 0 Å². The highest BCUT2D eigenvalue weighted by Crippen LogP contribution is 2.09. The molecule has 0 saturated carbocycles. The van der Waals surface area contributed by atoms with Crippen molar-refractivity contribution in [2.24, 2.45) is 0 Å². The quantitative estimate of drug-likeness (QED) is 0.596. The first-order chi connectivity index (χ1) is 9.86. The van der Waals surface area contributed by atoms with Crippen LogP contribution in [0.1, 0.15) is 5.82 Å². The van der Waals surface area contributed by atoms with Crippen LogP contribution in [0.5, 0.6) is 0 Å². The zero-order chi connectivity index (χ0) is 15.6. The molecule has 110 valence electrons. The van der Waals surface area contributed by atoms with Gasteiger partial charge in [-0.25, -0.2) is 0 Å². The molecule has 2 N–H and O–H groups in total. The molecule has 0 aliphatic heterocycles. The lowest BCUT2D eigenvalue weighted by atomic mass is 10.4. The van der Waals surface area contributed by atoms with E-state index in [2.05, 4.69) is 15.0 Å². The lowest BCUT2D eigenvalue weighted by molar-refractivity contribution is -0.385. The molecule has 2 heterocycles. The third-order valence-corrected chi connectivity index (χ3v) is 2.58. The van der Waals surface area contributed by atoms with Crippen LogP contribution in [0, 0.1) is 10.1 Å². The average Bonchev–Trinajstić information content (AvgIpc) is 2.40. The van der Waals surface area contributed by atoms with Crippen molar-refractivity contribution in [1.29, 1.82) is 0 Å². The maximum absolute atomic E-state index is 11.7. The summed E-state index contributed by atoms with van der Waals surface area (Å²) >= 11 is 0. The highest BCUT2D eigenvalue weighted by atomic mass is 16.6. The zero-order valence-corrected chi connectivity index (χ0v) is 11.4. The van der Waals surface area contributed by atoms with Crippen LogP contribution in [0.25, 0.3) is 0 Å². The summed E-state index contributed by atoms with van der Waals surface area (Å²) < 4.78 is 1.15. The SMILES string of the molecule is CN(C)c1nc(N)nc(Cn2cc([N+](=O)[O-])ccc2=O)n1. The Balaban J connectivity index is 2.40. The van der Waals surface area contributed by atoms with Crippen molar-refractivity contribution >= 4 is 17.6 Å². The molecule has 0 aliphatic rings. The number of nitrogen functional groups attached to an aromatic ring is 1. The first-order valence-corrected chi connectivity index (χ1v) is 5.89. The second-order valence-electron chi connectivity index (χ2n) is 4.41. The standard InChI is InChI=1S/C11H13N7O3/c1-16(2)11-14-8(13-10(12)15-11)6-17-5-7(18(20)21)3-4-9(17)19/h3-5H,6H2,1-2H3,(H2,12,13,14,15). The molecule has 2 rings (SSSR count). The number of pyridine rings is 1. The third-order valence-electron chi connectivity index (χ3n) is 2.58. The van der Waals surface area contributed by atoms with Crippen molar-refractivity contribution in [3.63, 3.8) is 0 Å². The van der Waals surface area contributed by atoms with E-state index in [-0.39, 0.29) is 24.0 Å². The third kappa shape index (κ3) is 3.29. The molecule has 2 aromatic rings. The van der Waals surface area contributed by atoms with Gasteiger partial charge in [0.15, 0.2) is 5.82 Å². The molecule has 0 aliphatic carbocycles. The molecule has 10 nitrogen and oxygen atoms in total. The first-order valence-electron chi connectivity index (χ1n) is 5.89. The van der Waals surface area contributed by atoms with E-state index in [4.69, 9.17) is 5.73 Å². The van der Waals surface area contributed by atoms with Gasteiger partial charge in [-0.3, -0.25) is 14.9 Å². The lowest BCUT2D eigenvalue weighted by Gasteiger charge is -2.11. The van der Waals surface area contributed by atoms with Crippen molar-refractivity contribution in [2.75, 3.05) is 24.7 Å². The Morgan fingerprint density at radius 2 is 2.05 bits per heavy atom. The molecule has 0 unspecified atom stereocenters. The van der Waals surface area contributed by atoms with Crippen LogP contribution >= 0.6 is 0 Å². The van der Waals surface area contributed by atoms with Crippen LogP contribution in [-0.2, 0) is 6.54 Å². The van der Waals surface area contributed by atoms with E-state index < -0.39 is 10.5 Å². The predicted octanol–water partition coefficient (Wildman–Crippen LogP) is -0.362. The number of hydrogen-bond acceptors (Lipinski definition) is 8. The van der Waals surface area contributed by atoms with Crippen molar-refractivity contribution < 1.29 is 4.92 Å². The first kappa shape index (κ1) is 14.4. The molecule has 21 heavy (non-hydrogen) atoms. The van der Waals surface area contributed by atoms with Crippen LogP contribution in [0.3, 0.4) is 0 Å². The fourth-order valence-electron chi connectivity index (χ4n) is 1.60. The summed E-state index contributed by atoms with van der Waals surface area (Å²) in [6.45, 7) is -0.0337. The minimum Gasteiger partial charge on any atom is -0.368 e. The van der Waals surface area contributed by atoms with Gasteiger partial charge in [-0.15, -0.1) is 0 Å². The van der Waals surface area contributed by atoms with Gasteiger partial charge in [-0.2, -0.15) is 15.0 Å². The number of nitrogens with two attached hydrogens (primary N) is 1. The molecule has 2 aromatic heterocycles. The molecule has 0 radical (unpaired) electrons. The topological polar surface area (TPSA) is 133 Å². The Hall–Kier alpha value is -3.04. The van der Waals surface area contributed by atoms with Gasteiger partial charge in [0.1, 0.15) is 0 Å². The van der Waals surface area contributed by atoms with Gasteiger partial charge in [-0.1, -0.05) is 0 Å². The van der Waals surface area contributed by atoms with Gasteiger partial charge in [0.05, 0.1) is 17.7 Å². The van der Waals surface area contributed by atoms with Crippen LogP contribution in [0.15, 0.2) is 23.1 Å². The summed E-state index contributed by atoms with van der Waals surface area (Å²) in [4.78, 5) is 35.5. The average molecular weight is 291 g/mol. The maximum atomic E-state index is 11.7. The number of aromatic nitrogens is 4. The number of hydrogen-bond donors (Lipinski definition) is 1. The smallest absolute Gasteiger partial charge is 0.285 e. The van der Waals surface area contributed by atoms with Gasteiger partial charge >= 0.3 is 0 Å². The summed E-state index contributed by atoms with van der Waals surface area (Å²) in [6, 6.07) is 2.27. The van der Waals surface area contributed by atoms with Crippen molar-refractivity contribution in [3.05, 3.63) is 44.6 Å². The van der Waals surface area contributed by atoms with Gasteiger partial charge in [0.2, 0.25) is 11.9 Å². The van der Waals surface area contributed by atoms with Crippen molar-refractivity contribution in [1.82, 2.24) is 19.5 Å². The van der Waals surface area contributed by atoms with E-state index in [1.807, 2.05) is 0 Å². The zero-order valence-electron chi connectivity index (χ0n) is 11.4.